The molecule has 1 aliphatic heterocycles. The third-order valence-corrected chi connectivity index (χ3v) is 4.43. The molecule has 5 nitrogen and oxygen atoms in total. The molecule has 1 fully saturated rings. The Morgan fingerprint density at radius 2 is 1.91 bits per heavy atom. The lowest BCUT2D eigenvalue weighted by molar-refractivity contribution is 0.250. The highest BCUT2D eigenvalue weighted by Gasteiger charge is 2.25. The average Bonchev–Trinajstić information content (AvgIpc) is 2.96. The summed E-state index contributed by atoms with van der Waals surface area (Å²) in [6.45, 7) is 2.24. The number of likely N-dealkylation sites (tertiary alicyclic amines) is 1. The number of piperidine rings is 1. The molecule has 1 aliphatic rings. The van der Waals surface area contributed by atoms with E-state index < -0.39 is 0 Å². The fourth-order valence-corrected chi connectivity index (χ4v) is 3.21. The van der Waals surface area contributed by atoms with Crippen LogP contribution in [-0.2, 0) is 0 Å². The van der Waals surface area contributed by atoms with Gasteiger partial charge in [0.05, 0.1) is 11.9 Å². The Bertz CT molecular complexity index is 772. The predicted octanol–water partition coefficient (Wildman–Crippen LogP) is 2.62. The van der Waals surface area contributed by atoms with E-state index in [-0.39, 0.29) is 0 Å². The van der Waals surface area contributed by atoms with Gasteiger partial charge in [0.25, 0.3) is 0 Å². The summed E-state index contributed by atoms with van der Waals surface area (Å²) < 4.78 is 2.18. The fourth-order valence-electron chi connectivity index (χ4n) is 3.21. The van der Waals surface area contributed by atoms with Crippen molar-refractivity contribution in [2.45, 2.75) is 18.8 Å². The van der Waals surface area contributed by atoms with Crippen molar-refractivity contribution in [3.05, 3.63) is 48.7 Å². The van der Waals surface area contributed by atoms with Crippen LogP contribution >= 0.6 is 0 Å². The number of fused-ring (bicyclic) bond motifs is 1. The second-order valence-corrected chi connectivity index (χ2v) is 5.94. The standard InChI is InChI=1S/C17H19N5/c1-21-10-6-13(7-11-21)16-20-15-5-3-9-19-17(15)22(16)14-4-2-8-18-12-14/h2-5,8-9,12-13H,6-7,10-11H2,1H3. The van der Waals surface area contributed by atoms with E-state index in [4.69, 9.17) is 4.98 Å². The summed E-state index contributed by atoms with van der Waals surface area (Å²) in [6, 6.07) is 8.01. The molecule has 0 N–H and O–H groups in total. The summed E-state index contributed by atoms with van der Waals surface area (Å²) in [5, 5.41) is 0. The molecule has 0 aliphatic carbocycles. The second-order valence-electron chi connectivity index (χ2n) is 5.94. The molecule has 4 heterocycles. The molecule has 0 spiro atoms. The van der Waals surface area contributed by atoms with Crippen molar-refractivity contribution in [2.24, 2.45) is 0 Å². The van der Waals surface area contributed by atoms with Crippen LogP contribution < -0.4 is 0 Å². The summed E-state index contributed by atoms with van der Waals surface area (Å²) in [5.41, 5.74) is 2.92. The molecule has 0 aromatic carbocycles. The van der Waals surface area contributed by atoms with Crippen molar-refractivity contribution in [3.8, 4) is 5.69 Å². The summed E-state index contributed by atoms with van der Waals surface area (Å²) in [5.74, 6) is 1.60. The van der Waals surface area contributed by atoms with E-state index in [1.807, 2.05) is 30.6 Å². The summed E-state index contributed by atoms with van der Waals surface area (Å²) >= 11 is 0. The molecule has 0 bridgehead atoms. The summed E-state index contributed by atoms with van der Waals surface area (Å²) in [4.78, 5) is 16.1. The van der Waals surface area contributed by atoms with Crippen molar-refractivity contribution >= 4 is 11.2 Å². The van der Waals surface area contributed by atoms with E-state index in [0.29, 0.717) is 5.92 Å². The monoisotopic (exact) mass is 293 g/mol. The second kappa shape index (κ2) is 5.50. The van der Waals surface area contributed by atoms with Gasteiger partial charge >= 0.3 is 0 Å². The number of rotatable bonds is 2. The largest absolute Gasteiger partial charge is 0.306 e. The Kier molecular flexibility index (Phi) is 3.35. The molecule has 0 unspecified atom stereocenters. The lowest BCUT2D eigenvalue weighted by Crippen LogP contribution is -2.30. The third-order valence-electron chi connectivity index (χ3n) is 4.43. The molecule has 22 heavy (non-hydrogen) atoms. The lowest BCUT2D eigenvalue weighted by Gasteiger charge is -2.28. The lowest BCUT2D eigenvalue weighted by atomic mass is 9.96. The van der Waals surface area contributed by atoms with Gasteiger partial charge in [0.1, 0.15) is 11.3 Å². The zero-order valence-corrected chi connectivity index (χ0v) is 12.7. The maximum absolute atomic E-state index is 4.89. The van der Waals surface area contributed by atoms with Crippen molar-refractivity contribution in [2.75, 3.05) is 20.1 Å². The minimum absolute atomic E-state index is 0.477. The van der Waals surface area contributed by atoms with Gasteiger partial charge in [-0.3, -0.25) is 9.55 Å². The Labute approximate surface area is 129 Å². The molecule has 0 saturated carbocycles. The van der Waals surface area contributed by atoms with Gasteiger partial charge < -0.3 is 4.90 Å². The van der Waals surface area contributed by atoms with Crippen LogP contribution in [0.25, 0.3) is 16.9 Å². The van der Waals surface area contributed by atoms with E-state index >= 15 is 0 Å². The van der Waals surface area contributed by atoms with Gasteiger partial charge in [-0.05, 0) is 57.2 Å². The Hall–Kier alpha value is -2.27. The van der Waals surface area contributed by atoms with Gasteiger partial charge in [-0.2, -0.15) is 0 Å². The zero-order valence-electron chi connectivity index (χ0n) is 12.7. The van der Waals surface area contributed by atoms with Crippen molar-refractivity contribution in [1.29, 1.82) is 0 Å². The molecule has 0 atom stereocenters. The van der Waals surface area contributed by atoms with E-state index in [1.165, 1.54) is 0 Å². The smallest absolute Gasteiger partial charge is 0.164 e. The molecular weight excluding hydrogens is 274 g/mol. The number of pyridine rings is 2. The fraction of sp³-hybridized carbons (Fsp3) is 0.353. The van der Waals surface area contributed by atoms with Crippen molar-refractivity contribution in [1.82, 2.24) is 24.4 Å². The molecule has 5 heteroatoms. The number of imidazole rings is 1. The van der Waals surface area contributed by atoms with Gasteiger partial charge in [-0.1, -0.05) is 0 Å². The first kappa shape index (κ1) is 13.4. The van der Waals surface area contributed by atoms with E-state index in [9.17, 15) is 0 Å². The topological polar surface area (TPSA) is 46.8 Å². The third kappa shape index (κ3) is 2.27. The average molecular weight is 293 g/mol. The van der Waals surface area contributed by atoms with Gasteiger partial charge in [0, 0.05) is 18.3 Å². The number of hydrogen-bond acceptors (Lipinski definition) is 4. The van der Waals surface area contributed by atoms with Crippen LogP contribution in [-0.4, -0.2) is 44.6 Å². The van der Waals surface area contributed by atoms with Crippen LogP contribution in [0.4, 0.5) is 0 Å². The molecule has 4 rings (SSSR count). The molecular formula is C17H19N5. The highest BCUT2D eigenvalue weighted by Crippen LogP contribution is 2.31. The minimum Gasteiger partial charge on any atom is -0.306 e. The SMILES string of the molecule is CN1CCC(c2nc3cccnc3n2-c2cccnc2)CC1. The first-order valence-electron chi connectivity index (χ1n) is 7.75. The van der Waals surface area contributed by atoms with Crippen LogP contribution in [0.2, 0.25) is 0 Å². The number of nitrogens with zero attached hydrogens (tertiary/aromatic N) is 5. The van der Waals surface area contributed by atoms with Gasteiger partial charge in [-0.15, -0.1) is 0 Å². The normalized spacial score (nSPS) is 17.1. The maximum Gasteiger partial charge on any atom is 0.164 e. The van der Waals surface area contributed by atoms with Crippen LogP contribution in [0.5, 0.6) is 0 Å². The van der Waals surface area contributed by atoms with Crippen molar-refractivity contribution in [3.63, 3.8) is 0 Å². The van der Waals surface area contributed by atoms with Crippen LogP contribution in [0, 0.1) is 0 Å². The van der Waals surface area contributed by atoms with Crippen molar-refractivity contribution < 1.29 is 0 Å². The highest BCUT2D eigenvalue weighted by molar-refractivity contribution is 5.73. The number of aromatic nitrogens is 4. The van der Waals surface area contributed by atoms with Crippen LogP contribution in [0.15, 0.2) is 42.9 Å². The Morgan fingerprint density at radius 3 is 2.68 bits per heavy atom. The van der Waals surface area contributed by atoms with Crippen LogP contribution in [0.3, 0.4) is 0 Å². The molecule has 1 saturated heterocycles. The van der Waals surface area contributed by atoms with Gasteiger partial charge in [-0.25, -0.2) is 9.97 Å². The first-order valence-corrected chi connectivity index (χ1v) is 7.75. The number of hydrogen-bond donors (Lipinski definition) is 0. The van der Waals surface area contributed by atoms with E-state index in [2.05, 4.69) is 32.5 Å². The molecule has 0 radical (unpaired) electrons. The molecule has 0 amide bonds. The maximum atomic E-state index is 4.89. The minimum atomic E-state index is 0.477. The summed E-state index contributed by atoms with van der Waals surface area (Å²) in [7, 11) is 2.18. The zero-order chi connectivity index (χ0) is 14.9. The summed E-state index contributed by atoms with van der Waals surface area (Å²) in [6.07, 6.45) is 7.79. The first-order chi connectivity index (χ1) is 10.8. The van der Waals surface area contributed by atoms with E-state index in [1.54, 1.807) is 6.20 Å². The predicted molar refractivity (Wildman–Crippen MR) is 86.1 cm³/mol. The quantitative estimate of drug-likeness (QED) is 0.728. The Balaban J connectivity index is 1.87. The van der Waals surface area contributed by atoms with Gasteiger partial charge in [0.2, 0.25) is 0 Å². The van der Waals surface area contributed by atoms with Gasteiger partial charge in [0.15, 0.2) is 5.65 Å². The Morgan fingerprint density at radius 1 is 1.09 bits per heavy atom. The van der Waals surface area contributed by atoms with Crippen LogP contribution in [0.1, 0.15) is 24.6 Å². The highest BCUT2D eigenvalue weighted by atomic mass is 15.2. The molecule has 112 valence electrons. The van der Waals surface area contributed by atoms with E-state index in [0.717, 1.165) is 48.6 Å². The molecule has 3 aromatic rings. The molecule has 3 aromatic heterocycles.